The molecule has 0 bridgehead atoms. The van der Waals surface area contributed by atoms with Crippen LogP contribution in [0.4, 0.5) is 0 Å². The molecule has 96 valence electrons. The molecule has 0 amide bonds. The second-order valence-corrected chi connectivity index (χ2v) is 5.36. The number of hydrogen-bond acceptors (Lipinski definition) is 4. The van der Waals surface area contributed by atoms with Crippen LogP contribution in [0, 0.1) is 6.92 Å². The highest BCUT2D eigenvalue weighted by molar-refractivity contribution is 7.98. The summed E-state index contributed by atoms with van der Waals surface area (Å²) in [6.45, 7) is 2.13. The normalized spacial score (nSPS) is 11.1. The fourth-order valence-corrected chi connectivity index (χ4v) is 3.01. The molecule has 3 aromatic rings. The van der Waals surface area contributed by atoms with Crippen LogP contribution in [0.3, 0.4) is 0 Å². The third-order valence-electron chi connectivity index (χ3n) is 3.12. The minimum Gasteiger partial charge on any atom is -0.250 e. The van der Waals surface area contributed by atoms with E-state index in [9.17, 15) is 0 Å². The molecule has 0 saturated heterocycles. The summed E-state index contributed by atoms with van der Waals surface area (Å²) in [6, 6.07) is 8.43. The van der Waals surface area contributed by atoms with Gasteiger partial charge in [-0.3, -0.25) is 4.68 Å². The average Bonchev–Trinajstić information content (AvgIpc) is 2.81. The Morgan fingerprint density at radius 3 is 2.89 bits per heavy atom. The second-order valence-electron chi connectivity index (χ2n) is 4.40. The number of aromatic nitrogens is 4. The molecule has 0 radical (unpaired) electrons. The van der Waals surface area contributed by atoms with Crippen molar-refractivity contribution in [2.75, 3.05) is 0 Å². The Balaban J connectivity index is 1.88. The first-order chi connectivity index (χ1) is 9.25. The van der Waals surface area contributed by atoms with Gasteiger partial charge in [0, 0.05) is 12.8 Å². The van der Waals surface area contributed by atoms with Crippen LogP contribution in [0.25, 0.3) is 11.0 Å². The molecule has 5 heteroatoms. The van der Waals surface area contributed by atoms with E-state index in [2.05, 4.69) is 46.3 Å². The van der Waals surface area contributed by atoms with Crippen LogP contribution in [-0.2, 0) is 12.8 Å². The summed E-state index contributed by atoms with van der Waals surface area (Å²) in [5, 5.41) is 6.23. The minimum absolute atomic E-state index is 0.877. The Labute approximate surface area is 115 Å². The number of fused-ring (bicyclic) bond motifs is 1. The lowest BCUT2D eigenvalue weighted by molar-refractivity contribution is 0.784. The van der Waals surface area contributed by atoms with Crippen molar-refractivity contribution < 1.29 is 0 Å². The van der Waals surface area contributed by atoms with Crippen molar-refractivity contribution >= 4 is 22.8 Å². The molecule has 2 aromatic heterocycles. The molecule has 0 saturated carbocycles. The van der Waals surface area contributed by atoms with Crippen LogP contribution >= 0.6 is 11.8 Å². The van der Waals surface area contributed by atoms with Gasteiger partial charge >= 0.3 is 0 Å². The second kappa shape index (κ2) is 5.01. The summed E-state index contributed by atoms with van der Waals surface area (Å²) >= 11 is 1.73. The summed E-state index contributed by atoms with van der Waals surface area (Å²) < 4.78 is 1.77. The molecule has 0 N–H and O–H groups in total. The van der Waals surface area contributed by atoms with Crippen LogP contribution in [-0.4, -0.2) is 19.7 Å². The highest BCUT2D eigenvalue weighted by Crippen LogP contribution is 2.27. The summed E-state index contributed by atoms with van der Waals surface area (Å²) in [4.78, 5) is 8.61. The molecule has 4 nitrogen and oxygen atoms in total. The van der Waals surface area contributed by atoms with Crippen molar-refractivity contribution in [1.29, 1.82) is 0 Å². The largest absolute Gasteiger partial charge is 0.250 e. The van der Waals surface area contributed by atoms with Crippen molar-refractivity contribution in [3.8, 4) is 0 Å². The van der Waals surface area contributed by atoms with Gasteiger partial charge in [-0.05, 0) is 18.1 Å². The van der Waals surface area contributed by atoms with Gasteiger partial charge in [0.25, 0.3) is 0 Å². The predicted octanol–water partition coefficient (Wildman–Crippen LogP) is 2.96. The van der Waals surface area contributed by atoms with Gasteiger partial charge in [-0.1, -0.05) is 24.3 Å². The summed E-state index contributed by atoms with van der Waals surface area (Å²) in [5.74, 6) is 0.910. The van der Waals surface area contributed by atoms with E-state index in [0.29, 0.717) is 0 Å². The van der Waals surface area contributed by atoms with E-state index in [-0.39, 0.29) is 0 Å². The fourth-order valence-electron chi connectivity index (χ4n) is 1.97. The van der Waals surface area contributed by atoms with Gasteiger partial charge < -0.3 is 0 Å². The molecule has 2 heterocycles. The molecular weight excluding hydrogens is 256 g/mol. The van der Waals surface area contributed by atoms with E-state index >= 15 is 0 Å². The first-order valence-electron chi connectivity index (χ1n) is 6.06. The molecule has 0 aliphatic heterocycles. The highest BCUT2D eigenvalue weighted by Gasteiger charge is 2.08. The zero-order valence-electron chi connectivity index (χ0n) is 10.9. The number of thioether (sulfide) groups is 1. The van der Waals surface area contributed by atoms with Crippen LogP contribution in [0.15, 0.2) is 41.8 Å². The minimum atomic E-state index is 0.877. The van der Waals surface area contributed by atoms with Crippen molar-refractivity contribution in [3.63, 3.8) is 0 Å². The number of rotatable bonds is 3. The number of benzene rings is 1. The predicted molar refractivity (Wildman–Crippen MR) is 77.0 cm³/mol. The number of hydrogen-bond donors (Lipinski definition) is 0. The Morgan fingerprint density at radius 2 is 2.05 bits per heavy atom. The standard InChI is InChI=1S/C14H14N4S/c1-10-5-3-4-6-11(10)8-19-14-12-7-17-18(2)13(12)15-9-16-14/h3-7,9H,8H2,1-2H3. The summed E-state index contributed by atoms with van der Waals surface area (Å²) in [6.07, 6.45) is 3.43. The number of nitrogens with zero attached hydrogens (tertiary/aromatic N) is 4. The topological polar surface area (TPSA) is 43.6 Å². The van der Waals surface area contributed by atoms with Crippen molar-refractivity contribution in [2.24, 2.45) is 7.05 Å². The molecule has 0 spiro atoms. The van der Waals surface area contributed by atoms with E-state index in [4.69, 9.17) is 0 Å². The first-order valence-corrected chi connectivity index (χ1v) is 7.04. The molecule has 0 aliphatic carbocycles. The lowest BCUT2D eigenvalue weighted by atomic mass is 10.1. The zero-order valence-corrected chi connectivity index (χ0v) is 11.7. The molecule has 3 rings (SSSR count). The van der Waals surface area contributed by atoms with Crippen LogP contribution in [0.5, 0.6) is 0 Å². The molecule has 0 unspecified atom stereocenters. The number of aryl methyl sites for hydroxylation is 2. The Kier molecular flexibility index (Phi) is 3.21. The Morgan fingerprint density at radius 1 is 1.21 bits per heavy atom. The van der Waals surface area contributed by atoms with Gasteiger partial charge in [0.2, 0.25) is 0 Å². The average molecular weight is 270 g/mol. The maximum atomic E-state index is 4.36. The molecule has 0 atom stereocenters. The third kappa shape index (κ3) is 2.33. The van der Waals surface area contributed by atoms with Gasteiger partial charge in [-0.2, -0.15) is 5.10 Å². The maximum Gasteiger partial charge on any atom is 0.162 e. The SMILES string of the molecule is Cc1ccccc1CSc1ncnc2c1cnn2C. The van der Waals surface area contributed by atoms with E-state index in [0.717, 1.165) is 21.8 Å². The first kappa shape index (κ1) is 12.2. The van der Waals surface area contributed by atoms with Gasteiger partial charge in [0.05, 0.1) is 11.6 Å². The third-order valence-corrected chi connectivity index (χ3v) is 4.17. The van der Waals surface area contributed by atoms with Crippen LogP contribution in [0.1, 0.15) is 11.1 Å². The summed E-state index contributed by atoms with van der Waals surface area (Å²) in [5.41, 5.74) is 3.52. The fraction of sp³-hybridized carbons (Fsp3) is 0.214. The molecule has 19 heavy (non-hydrogen) atoms. The van der Waals surface area contributed by atoms with Crippen molar-refractivity contribution in [1.82, 2.24) is 19.7 Å². The highest BCUT2D eigenvalue weighted by atomic mass is 32.2. The zero-order chi connectivity index (χ0) is 13.2. The maximum absolute atomic E-state index is 4.36. The summed E-state index contributed by atoms with van der Waals surface area (Å²) in [7, 11) is 1.89. The molecule has 0 aliphatic rings. The van der Waals surface area contributed by atoms with E-state index in [1.54, 1.807) is 22.8 Å². The van der Waals surface area contributed by atoms with Crippen molar-refractivity contribution in [2.45, 2.75) is 17.7 Å². The van der Waals surface area contributed by atoms with E-state index < -0.39 is 0 Å². The Bertz CT molecular complexity index is 720. The lowest BCUT2D eigenvalue weighted by Crippen LogP contribution is -1.93. The lowest BCUT2D eigenvalue weighted by Gasteiger charge is -2.05. The van der Waals surface area contributed by atoms with Gasteiger partial charge in [0.1, 0.15) is 11.4 Å². The van der Waals surface area contributed by atoms with Crippen LogP contribution < -0.4 is 0 Å². The Hall–Kier alpha value is -1.88. The van der Waals surface area contributed by atoms with Gasteiger partial charge in [-0.15, -0.1) is 11.8 Å². The van der Waals surface area contributed by atoms with Crippen molar-refractivity contribution in [3.05, 3.63) is 47.9 Å². The van der Waals surface area contributed by atoms with E-state index in [1.807, 2.05) is 13.2 Å². The molecular formula is C14H14N4S. The van der Waals surface area contributed by atoms with E-state index in [1.165, 1.54) is 11.1 Å². The van der Waals surface area contributed by atoms with Gasteiger partial charge in [-0.25, -0.2) is 9.97 Å². The molecule has 0 fully saturated rings. The quantitative estimate of drug-likeness (QED) is 0.542. The molecule has 1 aromatic carbocycles. The van der Waals surface area contributed by atoms with Gasteiger partial charge in [0.15, 0.2) is 5.65 Å². The smallest absolute Gasteiger partial charge is 0.162 e. The van der Waals surface area contributed by atoms with Crippen LogP contribution in [0.2, 0.25) is 0 Å². The monoisotopic (exact) mass is 270 g/mol.